The number of likely N-dealkylation sites (N-methyl/N-ethyl adjacent to an activating group) is 1. The molecule has 2 aromatic heterocycles. The molecule has 1 amide bonds. The Morgan fingerprint density at radius 3 is 2.55 bits per heavy atom. The first kappa shape index (κ1) is 19.4. The van der Waals surface area contributed by atoms with Gasteiger partial charge in [-0.3, -0.25) is 9.78 Å². The molecule has 1 aromatic carbocycles. The van der Waals surface area contributed by atoms with E-state index < -0.39 is 0 Å². The van der Waals surface area contributed by atoms with E-state index in [1.54, 1.807) is 11.8 Å². The Morgan fingerprint density at radius 1 is 1.10 bits per heavy atom. The predicted molar refractivity (Wildman–Crippen MR) is 120 cm³/mol. The molecule has 3 aromatic rings. The first-order valence-electron chi connectivity index (χ1n) is 10.1. The molecule has 0 bridgehead atoms. The Kier molecular flexibility index (Phi) is 5.24. The zero-order valence-electron chi connectivity index (χ0n) is 17.6. The van der Waals surface area contributed by atoms with Crippen molar-refractivity contribution < 1.29 is 4.79 Å². The molecule has 0 N–H and O–H groups in total. The molecular weight excluding hydrogens is 360 g/mol. The minimum Gasteiger partial charge on any atom is -0.320 e. The van der Waals surface area contributed by atoms with Gasteiger partial charge in [0.25, 0.3) is 0 Å². The van der Waals surface area contributed by atoms with Crippen LogP contribution in [0.25, 0.3) is 22.7 Å². The summed E-state index contributed by atoms with van der Waals surface area (Å²) in [6.07, 6.45) is 7.94. The van der Waals surface area contributed by atoms with Crippen LogP contribution >= 0.6 is 0 Å². The fourth-order valence-electron chi connectivity index (χ4n) is 4.10. The second-order valence-electron chi connectivity index (χ2n) is 7.93. The van der Waals surface area contributed by atoms with Crippen molar-refractivity contribution in [2.24, 2.45) is 0 Å². The monoisotopic (exact) mass is 388 g/mol. The summed E-state index contributed by atoms with van der Waals surface area (Å²) < 4.78 is 2.36. The van der Waals surface area contributed by atoms with E-state index in [1.165, 1.54) is 33.3 Å². The van der Waals surface area contributed by atoms with Gasteiger partial charge < -0.3 is 14.4 Å². The van der Waals surface area contributed by atoms with Gasteiger partial charge in [0.2, 0.25) is 5.91 Å². The number of carbonyl (C=O) groups excluding carboxylic acids is 1. The van der Waals surface area contributed by atoms with E-state index in [-0.39, 0.29) is 5.91 Å². The molecule has 29 heavy (non-hydrogen) atoms. The molecule has 0 saturated carbocycles. The van der Waals surface area contributed by atoms with Gasteiger partial charge in [-0.15, -0.1) is 0 Å². The molecule has 0 unspecified atom stereocenters. The van der Waals surface area contributed by atoms with Crippen LogP contribution in [-0.2, 0) is 17.6 Å². The lowest BCUT2D eigenvalue weighted by molar-refractivity contribution is -0.116. The molecule has 150 valence electrons. The number of anilines is 1. The molecule has 0 saturated heterocycles. The van der Waals surface area contributed by atoms with Crippen LogP contribution in [0.1, 0.15) is 30.7 Å². The number of hydrogen-bond donors (Lipinski definition) is 0. The van der Waals surface area contributed by atoms with Crippen LogP contribution in [0.15, 0.2) is 42.7 Å². The standard InChI is InChI=1S/C24H28N4O/c1-17(19-7-11-25-12-8-19)16-28-23-6-5-20(27(4)18(2)29)15-22(23)21-9-13-26(3)14-10-24(21)28/h5-8,11-12,15-16H,9-10,13-14H2,1-4H3/b17-16+. The van der Waals surface area contributed by atoms with E-state index in [9.17, 15) is 4.79 Å². The van der Waals surface area contributed by atoms with Gasteiger partial charge in [0.1, 0.15) is 0 Å². The third-order valence-electron chi connectivity index (χ3n) is 6.00. The number of nitrogens with zero attached hydrogens (tertiary/aromatic N) is 4. The Labute approximate surface area is 172 Å². The maximum Gasteiger partial charge on any atom is 0.223 e. The van der Waals surface area contributed by atoms with Crippen molar-refractivity contribution in [2.45, 2.75) is 26.7 Å². The summed E-state index contributed by atoms with van der Waals surface area (Å²) in [7, 11) is 4.02. The fourth-order valence-corrected chi connectivity index (χ4v) is 4.10. The number of hydrogen-bond acceptors (Lipinski definition) is 3. The van der Waals surface area contributed by atoms with Crippen molar-refractivity contribution in [3.8, 4) is 0 Å². The summed E-state index contributed by atoms with van der Waals surface area (Å²) in [6, 6.07) is 10.5. The topological polar surface area (TPSA) is 41.4 Å². The average molecular weight is 389 g/mol. The molecule has 0 radical (unpaired) electrons. The molecule has 0 spiro atoms. The summed E-state index contributed by atoms with van der Waals surface area (Å²) in [5.74, 6) is 0.0445. The zero-order chi connectivity index (χ0) is 20.5. The van der Waals surface area contributed by atoms with Crippen molar-refractivity contribution in [3.05, 3.63) is 59.5 Å². The number of amides is 1. The maximum atomic E-state index is 11.9. The molecule has 1 aliphatic heterocycles. The number of rotatable bonds is 3. The lowest BCUT2D eigenvalue weighted by Crippen LogP contribution is -2.22. The predicted octanol–water partition coefficient (Wildman–Crippen LogP) is 4.07. The van der Waals surface area contributed by atoms with Gasteiger partial charge in [-0.25, -0.2) is 0 Å². The highest BCUT2D eigenvalue weighted by Gasteiger charge is 2.21. The van der Waals surface area contributed by atoms with Crippen LogP contribution in [0.2, 0.25) is 0 Å². The third-order valence-corrected chi connectivity index (χ3v) is 6.00. The maximum absolute atomic E-state index is 11.9. The zero-order valence-corrected chi connectivity index (χ0v) is 17.6. The summed E-state index contributed by atoms with van der Waals surface area (Å²) >= 11 is 0. The number of carbonyl (C=O) groups is 1. The Bertz CT molecular complexity index is 1080. The number of fused-ring (bicyclic) bond motifs is 3. The van der Waals surface area contributed by atoms with Gasteiger partial charge >= 0.3 is 0 Å². The van der Waals surface area contributed by atoms with Crippen molar-refractivity contribution in [2.75, 3.05) is 32.1 Å². The normalized spacial score (nSPS) is 15.2. The largest absolute Gasteiger partial charge is 0.320 e. The molecule has 3 heterocycles. The van der Waals surface area contributed by atoms with Crippen LogP contribution in [0, 0.1) is 0 Å². The summed E-state index contributed by atoms with van der Waals surface area (Å²) in [5.41, 5.74) is 7.30. The van der Waals surface area contributed by atoms with Crippen LogP contribution in [0.5, 0.6) is 0 Å². The Balaban J connectivity index is 1.90. The highest BCUT2D eigenvalue weighted by Crippen LogP contribution is 2.33. The third kappa shape index (κ3) is 3.70. The minimum atomic E-state index is 0.0445. The second kappa shape index (κ2) is 7.84. The van der Waals surface area contributed by atoms with E-state index in [4.69, 9.17) is 0 Å². The van der Waals surface area contributed by atoms with Crippen LogP contribution in [0.4, 0.5) is 5.69 Å². The van der Waals surface area contributed by atoms with Gasteiger partial charge in [-0.1, -0.05) is 0 Å². The second-order valence-corrected chi connectivity index (χ2v) is 7.93. The van der Waals surface area contributed by atoms with Gasteiger partial charge in [-0.05, 0) is 67.4 Å². The molecular formula is C24H28N4O. The molecule has 4 rings (SSSR count). The van der Waals surface area contributed by atoms with E-state index in [0.717, 1.165) is 31.6 Å². The van der Waals surface area contributed by atoms with E-state index in [1.807, 2.05) is 37.6 Å². The van der Waals surface area contributed by atoms with E-state index >= 15 is 0 Å². The number of aromatic nitrogens is 2. The first-order valence-corrected chi connectivity index (χ1v) is 10.1. The van der Waals surface area contributed by atoms with Crippen molar-refractivity contribution in [3.63, 3.8) is 0 Å². The quantitative estimate of drug-likeness (QED) is 0.679. The summed E-state index contributed by atoms with van der Waals surface area (Å²) in [5, 5.41) is 1.25. The van der Waals surface area contributed by atoms with Crippen molar-refractivity contribution in [1.82, 2.24) is 14.5 Å². The van der Waals surface area contributed by atoms with Gasteiger partial charge in [0.15, 0.2) is 0 Å². The van der Waals surface area contributed by atoms with Gasteiger partial charge in [0.05, 0.1) is 5.52 Å². The number of allylic oxidation sites excluding steroid dienone is 1. The molecule has 0 atom stereocenters. The summed E-state index contributed by atoms with van der Waals surface area (Å²) in [4.78, 5) is 20.1. The Hall–Kier alpha value is -2.92. The van der Waals surface area contributed by atoms with Crippen molar-refractivity contribution in [1.29, 1.82) is 0 Å². The SMILES string of the molecule is CC(=O)N(C)c1ccc2c(c1)c1c(n2/C=C(\C)c2ccncc2)CCN(C)CC1. The van der Waals surface area contributed by atoms with Crippen LogP contribution < -0.4 is 4.90 Å². The Morgan fingerprint density at radius 2 is 1.83 bits per heavy atom. The average Bonchev–Trinajstić information content (AvgIpc) is 2.87. The summed E-state index contributed by atoms with van der Waals surface area (Å²) in [6.45, 7) is 5.84. The molecule has 1 aliphatic rings. The van der Waals surface area contributed by atoms with E-state index in [0.29, 0.717) is 0 Å². The smallest absolute Gasteiger partial charge is 0.223 e. The highest BCUT2D eigenvalue weighted by molar-refractivity contribution is 5.97. The van der Waals surface area contributed by atoms with E-state index in [2.05, 4.69) is 46.8 Å². The minimum absolute atomic E-state index is 0.0445. The molecule has 5 heteroatoms. The lowest BCUT2D eigenvalue weighted by Gasteiger charge is -2.16. The number of pyridine rings is 1. The molecule has 5 nitrogen and oxygen atoms in total. The highest BCUT2D eigenvalue weighted by atomic mass is 16.2. The van der Waals surface area contributed by atoms with Gasteiger partial charge in [0, 0.05) is 68.8 Å². The number of benzene rings is 1. The van der Waals surface area contributed by atoms with Crippen LogP contribution in [-0.4, -0.2) is 47.5 Å². The lowest BCUT2D eigenvalue weighted by atomic mass is 10.1. The molecule has 0 fully saturated rings. The molecule has 0 aliphatic carbocycles. The van der Waals surface area contributed by atoms with Crippen molar-refractivity contribution >= 4 is 34.3 Å². The first-order chi connectivity index (χ1) is 14.0. The fraction of sp³-hybridized carbons (Fsp3) is 0.333. The van der Waals surface area contributed by atoms with Crippen LogP contribution in [0.3, 0.4) is 0 Å². The van der Waals surface area contributed by atoms with Gasteiger partial charge in [-0.2, -0.15) is 0 Å².